The first kappa shape index (κ1) is 14.3. The van der Waals surface area contributed by atoms with Crippen molar-refractivity contribution in [1.82, 2.24) is 10.5 Å². The summed E-state index contributed by atoms with van der Waals surface area (Å²) in [6.45, 7) is 5.21. The molecule has 1 amide bonds. The molecular formula is C10H12ClN3O4. The van der Waals surface area contributed by atoms with Crippen LogP contribution in [-0.2, 0) is 4.84 Å². The van der Waals surface area contributed by atoms with Gasteiger partial charge in [-0.1, -0.05) is 11.6 Å². The van der Waals surface area contributed by atoms with Gasteiger partial charge in [-0.3, -0.25) is 19.7 Å². The molecule has 0 fully saturated rings. The number of nitrogens with zero attached hydrogens (tertiary/aromatic N) is 2. The number of rotatable bonds is 3. The van der Waals surface area contributed by atoms with Crippen LogP contribution in [0.1, 0.15) is 31.1 Å². The molecule has 0 saturated carbocycles. The van der Waals surface area contributed by atoms with E-state index in [1.807, 2.05) is 0 Å². The van der Waals surface area contributed by atoms with Gasteiger partial charge in [0.15, 0.2) is 0 Å². The Kier molecular flexibility index (Phi) is 4.20. The molecule has 98 valence electrons. The summed E-state index contributed by atoms with van der Waals surface area (Å²) in [6.07, 6.45) is 0.976. The van der Waals surface area contributed by atoms with E-state index >= 15 is 0 Å². The lowest BCUT2D eigenvalue weighted by molar-refractivity contribution is -0.385. The number of nitrogens with one attached hydrogen (secondary N) is 1. The second kappa shape index (κ2) is 5.28. The molecule has 0 saturated heterocycles. The Morgan fingerprint density at radius 1 is 1.56 bits per heavy atom. The third-order valence-corrected chi connectivity index (χ3v) is 2.03. The number of halogens is 1. The summed E-state index contributed by atoms with van der Waals surface area (Å²) in [4.78, 5) is 30.2. The van der Waals surface area contributed by atoms with E-state index in [1.54, 1.807) is 20.8 Å². The van der Waals surface area contributed by atoms with Gasteiger partial charge in [0.1, 0.15) is 11.3 Å². The maximum absolute atomic E-state index is 11.7. The fourth-order valence-corrected chi connectivity index (χ4v) is 1.14. The molecular weight excluding hydrogens is 262 g/mol. The van der Waals surface area contributed by atoms with E-state index in [4.69, 9.17) is 16.4 Å². The van der Waals surface area contributed by atoms with Gasteiger partial charge in [0.25, 0.3) is 11.6 Å². The van der Waals surface area contributed by atoms with Crippen molar-refractivity contribution in [2.45, 2.75) is 26.4 Å². The van der Waals surface area contributed by atoms with Crippen molar-refractivity contribution < 1.29 is 14.6 Å². The number of aromatic nitrogens is 1. The number of nitro groups is 1. The van der Waals surface area contributed by atoms with Crippen LogP contribution in [0.25, 0.3) is 0 Å². The summed E-state index contributed by atoms with van der Waals surface area (Å²) in [7, 11) is 0. The van der Waals surface area contributed by atoms with Crippen molar-refractivity contribution in [1.29, 1.82) is 0 Å². The van der Waals surface area contributed by atoms with Crippen molar-refractivity contribution in [2.24, 2.45) is 0 Å². The summed E-state index contributed by atoms with van der Waals surface area (Å²) < 4.78 is 0. The SMILES string of the molecule is CC(C)(C)ONC(=O)c1cc([N+](=O)[O-])cnc1Cl. The van der Waals surface area contributed by atoms with Gasteiger partial charge < -0.3 is 0 Å². The van der Waals surface area contributed by atoms with E-state index in [1.165, 1.54) is 0 Å². The van der Waals surface area contributed by atoms with Gasteiger partial charge in [-0.05, 0) is 20.8 Å². The molecule has 1 aromatic heterocycles. The Morgan fingerprint density at radius 3 is 2.67 bits per heavy atom. The highest BCUT2D eigenvalue weighted by molar-refractivity contribution is 6.32. The molecule has 0 aliphatic rings. The second-order valence-electron chi connectivity index (χ2n) is 4.43. The van der Waals surface area contributed by atoms with Crippen molar-refractivity contribution in [2.75, 3.05) is 0 Å². The molecule has 8 heteroatoms. The molecule has 0 aliphatic heterocycles. The van der Waals surface area contributed by atoms with E-state index in [-0.39, 0.29) is 16.4 Å². The van der Waals surface area contributed by atoms with Gasteiger partial charge in [-0.2, -0.15) is 0 Å². The van der Waals surface area contributed by atoms with Crippen LogP contribution in [-0.4, -0.2) is 21.4 Å². The average Bonchev–Trinajstić information content (AvgIpc) is 2.25. The highest BCUT2D eigenvalue weighted by Gasteiger charge is 2.19. The molecule has 0 spiro atoms. The number of amides is 1. The highest BCUT2D eigenvalue weighted by Crippen LogP contribution is 2.19. The molecule has 0 radical (unpaired) electrons. The van der Waals surface area contributed by atoms with Crippen LogP contribution >= 0.6 is 11.6 Å². The topological polar surface area (TPSA) is 94.4 Å². The Morgan fingerprint density at radius 2 is 2.17 bits per heavy atom. The van der Waals surface area contributed by atoms with Crippen molar-refractivity contribution in [3.8, 4) is 0 Å². The number of pyridine rings is 1. The summed E-state index contributed by atoms with van der Waals surface area (Å²) in [5.41, 5.74) is 1.14. The van der Waals surface area contributed by atoms with Crippen LogP contribution in [0.3, 0.4) is 0 Å². The minimum Gasteiger partial charge on any atom is -0.268 e. The zero-order valence-electron chi connectivity index (χ0n) is 10.1. The highest BCUT2D eigenvalue weighted by atomic mass is 35.5. The predicted molar refractivity (Wildman–Crippen MR) is 64.2 cm³/mol. The van der Waals surface area contributed by atoms with E-state index < -0.39 is 16.4 Å². The van der Waals surface area contributed by atoms with Gasteiger partial charge in [0.2, 0.25) is 0 Å². The quantitative estimate of drug-likeness (QED) is 0.517. The Balaban J connectivity index is 2.91. The first-order valence-corrected chi connectivity index (χ1v) is 5.37. The van der Waals surface area contributed by atoms with Crippen LogP contribution in [0.5, 0.6) is 0 Å². The molecule has 0 unspecified atom stereocenters. The summed E-state index contributed by atoms with van der Waals surface area (Å²) in [5.74, 6) is -0.689. The number of hydroxylamine groups is 1. The number of carbonyl (C=O) groups excluding carboxylic acids is 1. The summed E-state index contributed by atoms with van der Waals surface area (Å²) >= 11 is 5.70. The lowest BCUT2D eigenvalue weighted by atomic mass is 10.2. The first-order valence-electron chi connectivity index (χ1n) is 4.99. The lowest BCUT2D eigenvalue weighted by Gasteiger charge is -2.18. The molecule has 0 atom stereocenters. The molecule has 0 aliphatic carbocycles. The fraction of sp³-hybridized carbons (Fsp3) is 0.400. The van der Waals surface area contributed by atoms with E-state index in [2.05, 4.69) is 10.5 Å². The average molecular weight is 274 g/mol. The number of hydrogen-bond donors (Lipinski definition) is 1. The minimum absolute atomic E-state index is 0.116. The molecule has 1 rings (SSSR count). The first-order chi connectivity index (χ1) is 8.20. The van der Waals surface area contributed by atoms with Crippen LogP contribution in [0.4, 0.5) is 5.69 Å². The predicted octanol–water partition coefficient (Wildman–Crippen LogP) is 2.10. The van der Waals surface area contributed by atoms with E-state index in [0.717, 1.165) is 12.3 Å². The maximum atomic E-state index is 11.7. The largest absolute Gasteiger partial charge is 0.288 e. The molecule has 1 aromatic rings. The number of hydrogen-bond acceptors (Lipinski definition) is 5. The van der Waals surface area contributed by atoms with Crippen LogP contribution < -0.4 is 5.48 Å². The third-order valence-electron chi connectivity index (χ3n) is 1.73. The van der Waals surface area contributed by atoms with Crippen molar-refractivity contribution in [3.63, 3.8) is 0 Å². The van der Waals surface area contributed by atoms with E-state index in [9.17, 15) is 14.9 Å². The molecule has 1 heterocycles. The maximum Gasteiger partial charge on any atom is 0.288 e. The zero-order chi connectivity index (χ0) is 13.9. The monoisotopic (exact) mass is 273 g/mol. The molecule has 0 aromatic carbocycles. The molecule has 18 heavy (non-hydrogen) atoms. The van der Waals surface area contributed by atoms with Crippen molar-refractivity contribution in [3.05, 3.63) is 33.1 Å². The number of carbonyl (C=O) groups is 1. The fourth-order valence-electron chi connectivity index (χ4n) is 0.951. The van der Waals surface area contributed by atoms with Crippen LogP contribution in [0, 0.1) is 10.1 Å². The second-order valence-corrected chi connectivity index (χ2v) is 4.79. The third kappa shape index (κ3) is 3.94. The van der Waals surface area contributed by atoms with Crippen LogP contribution in [0.15, 0.2) is 12.3 Å². The summed E-state index contributed by atoms with van der Waals surface area (Å²) in [6, 6.07) is 1.04. The normalized spacial score (nSPS) is 11.1. The Hall–Kier alpha value is -1.73. The molecule has 1 N–H and O–H groups in total. The molecule has 7 nitrogen and oxygen atoms in total. The van der Waals surface area contributed by atoms with Gasteiger partial charge in [-0.25, -0.2) is 10.5 Å². The van der Waals surface area contributed by atoms with Gasteiger partial charge in [0.05, 0.1) is 16.1 Å². The minimum atomic E-state index is -0.689. The zero-order valence-corrected chi connectivity index (χ0v) is 10.8. The van der Waals surface area contributed by atoms with Gasteiger partial charge in [0, 0.05) is 6.07 Å². The standard InChI is InChI=1S/C10H12ClN3O4/c1-10(2,3)18-13-9(15)7-4-6(14(16)17)5-12-8(7)11/h4-5H,1-3H3,(H,13,15). The van der Waals surface area contributed by atoms with Crippen LogP contribution in [0.2, 0.25) is 5.15 Å². The summed E-state index contributed by atoms with van der Waals surface area (Å²) in [5, 5.41) is 10.4. The lowest BCUT2D eigenvalue weighted by Crippen LogP contribution is -2.33. The van der Waals surface area contributed by atoms with Gasteiger partial charge >= 0.3 is 0 Å². The van der Waals surface area contributed by atoms with Crippen molar-refractivity contribution >= 4 is 23.2 Å². The Labute approximate surface area is 108 Å². The smallest absolute Gasteiger partial charge is 0.268 e. The van der Waals surface area contributed by atoms with E-state index in [0.29, 0.717) is 0 Å². The molecule has 0 bridgehead atoms. The Bertz CT molecular complexity index is 485. The van der Waals surface area contributed by atoms with Gasteiger partial charge in [-0.15, -0.1) is 0 Å².